The maximum Gasteiger partial charge on any atom is 0.244 e. The van der Waals surface area contributed by atoms with Crippen molar-refractivity contribution in [2.75, 3.05) is 17.1 Å². The van der Waals surface area contributed by atoms with Crippen molar-refractivity contribution in [2.45, 2.75) is 52.2 Å². The molecule has 0 bridgehead atoms. The summed E-state index contributed by atoms with van der Waals surface area (Å²) in [5.74, 6) is -0.843. The minimum atomic E-state index is -3.88. The first kappa shape index (κ1) is 31.6. The van der Waals surface area contributed by atoms with E-state index in [0.717, 1.165) is 26.2 Å². The summed E-state index contributed by atoms with van der Waals surface area (Å²) in [6, 6.07) is 20.9. The lowest BCUT2D eigenvalue weighted by molar-refractivity contribution is -0.140. The molecule has 2 amide bonds. The van der Waals surface area contributed by atoms with E-state index in [1.165, 1.54) is 11.0 Å². The van der Waals surface area contributed by atoms with Gasteiger partial charge in [0.2, 0.25) is 21.8 Å². The topological polar surface area (TPSA) is 86.8 Å². The summed E-state index contributed by atoms with van der Waals surface area (Å²) >= 11 is 9.63. The van der Waals surface area contributed by atoms with Gasteiger partial charge < -0.3 is 10.2 Å². The zero-order valence-corrected chi connectivity index (χ0v) is 26.5. The molecule has 0 unspecified atom stereocenters. The van der Waals surface area contributed by atoms with E-state index < -0.39 is 34.1 Å². The van der Waals surface area contributed by atoms with Gasteiger partial charge in [0.1, 0.15) is 12.6 Å². The number of nitrogens with zero attached hydrogens (tertiary/aromatic N) is 2. The number of sulfonamides is 1. The number of benzene rings is 3. The van der Waals surface area contributed by atoms with Crippen LogP contribution in [0.25, 0.3) is 0 Å². The second kappa shape index (κ2) is 13.2. The van der Waals surface area contributed by atoms with Crippen molar-refractivity contribution < 1.29 is 18.0 Å². The number of hydrogen-bond acceptors (Lipinski definition) is 4. The van der Waals surface area contributed by atoms with Gasteiger partial charge in [0.25, 0.3) is 0 Å². The molecule has 214 valence electrons. The van der Waals surface area contributed by atoms with Crippen LogP contribution in [0.5, 0.6) is 0 Å². The SMILES string of the molecule is Cc1ccc(Cl)cc1N(CC(=O)N(Cc1ccc(Br)cc1)[C@@H](Cc1ccccc1)C(=O)NC(C)(C)C)S(C)(=O)=O. The number of amides is 2. The molecule has 0 spiro atoms. The van der Waals surface area contributed by atoms with Gasteiger partial charge in [-0.15, -0.1) is 0 Å². The Morgan fingerprint density at radius 3 is 2.17 bits per heavy atom. The van der Waals surface area contributed by atoms with Crippen LogP contribution < -0.4 is 9.62 Å². The van der Waals surface area contributed by atoms with Crippen molar-refractivity contribution >= 4 is 55.1 Å². The van der Waals surface area contributed by atoms with E-state index in [4.69, 9.17) is 11.6 Å². The van der Waals surface area contributed by atoms with Crippen molar-refractivity contribution in [3.63, 3.8) is 0 Å². The number of carbonyl (C=O) groups is 2. The van der Waals surface area contributed by atoms with E-state index in [9.17, 15) is 18.0 Å². The predicted molar refractivity (Wildman–Crippen MR) is 165 cm³/mol. The third-order valence-electron chi connectivity index (χ3n) is 6.15. The Morgan fingerprint density at radius 1 is 0.975 bits per heavy atom. The highest BCUT2D eigenvalue weighted by Gasteiger charge is 2.34. The van der Waals surface area contributed by atoms with Crippen molar-refractivity contribution in [1.29, 1.82) is 0 Å². The molecule has 3 aromatic rings. The maximum atomic E-state index is 14.1. The molecule has 0 radical (unpaired) electrons. The van der Waals surface area contributed by atoms with Gasteiger partial charge in [-0.2, -0.15) is 0 Å². The Hall–Kier alpha value is -2.88. The number of nitrogens with one attached hydrogen (secondary N) is 1. The van der Waals surface area contributed by atoms with Crippen LogP contribution in [0, 0.1) is 6.92 Å². The van der Waals surface area contributed by atoms with Crippen LogP contribution in [0.1, 0.15) is 37.5 Å². The first-order valence-electron chi connectivity index (χ1n) is 12.8. The van der Waals surface area contributed by atoms with Crippen LogP contribution in [0.2, 0.25) is 5.02 Å². The molecule has 7 nitrogen and oxygen atoms in total. The summed E-state index contributed by atoms with van der Waals surface area (Å²) in [6.45, 7) is 6.98. The lowest BCUT2D eigenvalue weighted by Gasteiger charge is -2.35. The fourth-order valence-corrected chi connectivity index (χ4v) is 5.57. The van der Waals surface area contributed by atoms with Crippen LogP contribution in [-0.4, -0.2) is 49.5 Å². The first-order chi connectivity index (χ1) is 18.6. The van der Waals surface area contributed by atoms with Gasteiger partial charge in [-0.25, -0.2) is 8.42 Å². The first-order valence-corrected chi connectivity index (χ1v) is 15.8. The fourth-order valence-electron chi connectivity index (χ4n) is 4.24. The van der Waals surface area contributed by atoms with Crippen molar-refractivity contribution in [2.24, 2.45) is 0 Å². The third-order valence-corrected chi connectivity index (χ3v) is 8.04. The normalized spacial score (nSPS) is 12.5. The van der Waals surface area contributed by atoms with E-state index in [0.29, 0.717) is 16.3 Å². The minimum Gasteiger partial charge on any atom is -0.350 e. The van der Waals surface area contributed by atoms with Gasteiger partial charge in [0, 0.05) is 28.0 Å². The Labute approximate surface area is 250 Å². The number of rotatable bonds is 10. The number of hydrogen-bond donors (Lipinski definition) is 1. The minimum absolute atomic E-state index is 0.104. The van der Waals surface area contributed by atoms with E-state index >= 15 is 0 Å². The second-order valence-corrected chi connectivity index (χ2v) is 14.1. The van der Waals surface area contributed by atoms with Crippen LogP contribution in [0.4, 0.5) is 5.69 Å². The Kier molecular flexibility index (Phi) is 10.4. The molecule has 1 N–H and O–H groups in total. The molecule has 0 aliphatic heterocycles. The average Bonchev–Trinajstić information content (AvgIpc) is 2.86. The summed E-state index contributed by atoms with van der Waals surface area (Å²) < 4.78 is 27.8. The number of anilines is 1. The van der Waals surface area contributed by atoms with Crippen molar-refractivity contribution in [1.82, 2.24) is 10.2 Å². The molecular formula is C30H35BrClN3O4S. The van der Waals surface area contributed by atoms with Gasteiger partial charge >= 0.3 is 0 Å². The largest absolute Gasteiger partial charge is 0.350 e. The Morgan fingerprint density at radius 2 is 1.60 bits per heavy atom. The summed E-state index contributed by atoms with van der Waals surface area (Å²) in [7, 11) is -3.88. The van der Waals surface area contributed by atoms with Crippen LogP contribution >= 0.6 is 27.5 Å². The predicted octanol–water partition coefficient (Wildman–Crippen LogP) is 5.73. The Bertz CT molecular complexity index is 1440. The van der Waals surface area contributed by atoms with Gasteiger partial charge in [-0.1, -0.05) is 76.1 Å². The van der Waals surface area contributed by atoms with Crippen molar-refractivity contribution in [3.05, 3.63) is 99.0 Å². The number of aryl methyl sites for hydroxylation is 1. The smallest absolute Gasteiger partial charge is 0.244 e. The molecule has 0 aromatic heterocycles. The number of carbonyl (C=O) groups excluding carboxylic acids is 2. The zero-order valence-electron chi connectivity index (χ0n) is 23.3. The zero-order chi connectivity index (χ0) is 29.7. The Balaban J connectivity index is 2.09. The van der Waals surface area contributed by atoms with Crippen LogP contribution in [0.15, 0.2) is 77.3 Å². The quantitative estimate of drug-likeness (QED) is 0.304. The molecule has 3 aromatic carbocycles. The van der Waals surface area contributed by atoms with Gasteiger partial charge in [0.05, 0.1) is 11.9 Å². The molecule has 0 aliphatic carbocycles. The van der Waals surface area contributed by atoms with Gasteiger partial charge in [-0.3, -0.25) is 13.9 Å². The van der Waals surface area contributed by atoms with E-state index in [1.54, 1.807) is 19.1 Å². The highest BCUT2D eigenvalue weighted by molar-refractivity contribution is 9.10. The van der Waals surface area contributed by atoms with Gasteiger partial charge in [0.15, 0.2) is 0 Å². The molecule has 1 atom stereocenters. The number of halogens is 2. The average molecular weight is 649 g/mol. The van der Waals surface area contributed by atoms with E-state index in [2.05, 4.69) is 21.2 Å². The molecule has 40 heavy (non-hydrogen) atoms. The molecule has 0 fully saturated rings. The summed E-state index contributed by atoms with van der Waals surface area (Å²) in [4.78, 5) is 29.4. The van der Waals surface area contributed by atoms with E-state index in [-0.39, 0.29) is 18.9 Å². The fraction of sp³-hybridized carbons (Fsp3) is 0.333. The molecule has 10 heteroatoms. The molecule has 0 heterocycles. The lowest BCUT2D eigenvalue weighted by atomic mass is 10.0. The molecule has 0 saturated heterocycles. The molecular weight excluding hydrogens is 614 g/mol. The summed E-state index contributed by atoms with van der Waals surface area (Å²) in [5.41, 5.74) is 2.08. The van der Waals surface area contributed by atoms with Crippen molar-refractivity contribution in [3.8, 4) is 0 Å². The maximum absolute atomic E-state index is 14.1. The molecule has 0 saturated carbocycles. The second-order valence-electron chi connectivity index (χ2n) is 10.8. The van der Waals surface area contributed by atoms with Crippen LogP contribution in [0.3, 0.4) is 0 Å². The highest BCUT2D eigenvalue weighted by atomic mass is 79.9. The van der Waals surface area contributed by atoms with E-state index in [1.807, 2.05) is 75.4 Å². The molecule has 3 rings (SSSR count). The monoisotopic (exact) mass is 647 g/mol. The van der Waals surface area contributed by atoms with Crippen LogP contribution in [-0.2, 0) is 32.6 Å². The highest BCUT2D eigenvalue weighted by Crippen LogP contribution is 2.27. The lowest BCUT2D eigenvalue weighted by Crippen LogP contribution is -2.56. The summed E-state index contributed by atoms with van der Waals surface area (Å²) in [6.07, 6.45) is 1.30. The molecule has 0 aliphatic rings. The van der Waals surface area contributed by atoms with Gasteiger partial charge in [-0.05, 0) is 68.7 Å². The third kappa shape index (κ3) is 9.08. The summed E-state index contributed by atoms with van der Waals surface area (Å²) in [5, 5.41) is 3.36. The standard InChI is InChI=1S/C30H35BrClN3O4S/c1-21-11-16-25(32)18-26(21)35(40(5,38)39)20-28(36)34(19-23-12-14-24(31)15-13-23)27(29(37)33-30(2,3)4)17-22-9-7-6-8-10-22/h6-16,18,27H,17,19-20H2,1-5H3,(H,33,37)/t27-/m0/s1.